The molecule has 0 fully saturated rings. The van der Waals surface area contributed by atoms with Crippen LogP contribution in [0, 0.1) is 0 Å². The summed E-state index contributed by atoms with van der Waals surface area (Å²) in [6.45, 7) is 4.83. The number of pyridine rings is 2. The fraction of sp³-hybridized carbons (Fsp3) is 0.0667. The van der Waals surface area contributed by atoms with Crippen molar-refractivity contribution in [2.45, 2.75) is 19.3 Å². The molecular weight excluding hydrogens is 569 g/mol. The van der Waals surface area contributed by atoms with Crippen molar-refractivity contribution in [3.8, 4) is 33.5 Å². The van der Waals surface area contributed by atoms with Crippen LogP contribution in [-0.2, 0) is 5.41 Å². The summed E-state index contributed by atoms with van der Waals surface area (Å²) in [5.41, 5.74) is 11.7. The highest BCUT2D eigenvalue weighted by molar-refractivity contribution is 6.20. The number of nitrogens with zero attached hydrogens (tertiary/aromatic N) is 2. The summed E-state index contributed by atoms with van der Waals surface area (Å²) in [6.07, 6.45) is 1.85. The smallest absolute Gasteiger partial charge is 0.0972 e. The summed E-state index contributed by atoms with van der Waals surface area (Å²) in [4.78, 5) is 10.0. The molecule has 0 unspecified atom stereocenters. The zero-order chi connectivity index (χ0) is 31.3. The molecule has 0 saturated carbocycles. The number of hydrogen-bond acceptors (Lipinski definition) is 2. The van der Waals surface area contributed by atoms with Gasteiger partial charge in [-0.15, -0.1) is 0 Å². The maximum atomic E-state index is 5.28. The molecule has 1 aliphatic rings. The van der Waals surface area contributed by atoms with Crippen molar-refractivity contribution in [2.75, 3.05) is 0 Å². The van der Waals surface area contributed by atoms with Gasteiger partial charge < -0.3 is 0 Å². The average Bonchev–Trinajstić information content (AvgIpc) is 3.38. The number of rotatable bonds is 2. The normalized spacial score (nSPS) is 13.5. The highest BCUT2D eigenvalue weighted by Gasteiger charge is 2.40. The summed E-state index contributed by atoms with van der Waals surface area (Å²) >= 11 is 0. The quantitative estimate of drug-likeness (QED) is 0.185. The van der Waals surface area contributed by atoms with Gasteiger partial charge in [0.2, 0.25) is 0 Å². The van der Waals surface area contributed by atoms with Gasteiger partial charge in [0, 0.05) is 27.9 Å². The SMILES string of the molecule is CC1(C)c2c(cc(-c3ccccc3-c3ccc4ccc5cccnc5c4n3)c3ccccc23)-c2c1c1ccccc1c1ccccc21. The van der Waals surface area contributed by atoms with Gasteiger partial charge in [0.15, 0.2) is 0 Å². The molecule has 0 bridgehead atoms. The number of aromatic nitrogens is 2. The highest BCUT2D eigenvalue weighted by atomic mass is 14.8. The Balaban J connectivity index is 1.30. The third kappa shape index (κ3) is 3.61. The summed E-state index contributed by atoms with van der Waals surface area (Å²) in [7, 11) is 0. The van der Waals surface area contributed by atoms with E-state index in [2.05, 4.69) is 147 Å². The molecule has 9 aromatic rings. The van der Waals surface area contributed by atoms with Gasteiger partial charge in [-0.2, -0.15) is 0 Å². The van der Waals surface area contributed by atoms with E-state index in [4.69, 9.17) is 9.97 Å². The number of fused-ring (bicyclic) bond motifs is 13. The molecular formula is C45H30N2. The van der Waals surface area contributed by atoms with E-state index in [1.165, 1.54) is 65.7 Å². The summed E-state index contributed by atoms with van der Waals surface area (Å²) in [5, 5.41) is 10.1. The molecule has 0 aliphatic heterocycles. The first-order valence-corrected chi connectivity index (χ1v) is 16.3. The van der Waals surface area contributed by atoms with Crippen LogP contribution in [0.1, 0.15) is 25.0 Å². The molecule has 0 N–H and O–H groups in total. The Labute approximate surface area is 273 Å². The largest absolute Gasteiger partial charge is 0.254 e. The standard InChI is InChI=1S/C45H30N2/c1-45(2)41-35-19-9-6-16-32(35)37(26-38(41)40-34-18-8-4-13-29(34)30-14-5-10-20-36(30)42(40)45)31-15-3-7-17-33(31)39-24-23-28-22-21-27-12-11-25-46-43(27)44(28)47-39/h3-26H,1-2H3. The zero-order valence-corrected chi connectivity index (χ0v) is 26.3. The van der Waals surface area contributed by atoms with Crippen molar-refractivity contribution in [3.63, 3.8) is 0 Å². The van der Waals surface area contributed by atoms with Crippen molar-refractivity contribution in [1.29, 1.82) is 0 Å². The summed E-state index contributed by atoms with van der Waals surface area (Å²) < 4.78 is 0. The van der Waals surface area contributed by atoms with Crippen LogP contribution in [0.15, 0.2) is 146 Å². The minimum atomic E-state index is -0.181. The second kappa shape index (κ2) is 9.57. The highest BCUT2D eigenvalue weighted by Crippen LogP contribution is 2.57. The van der Waals surface area contributed by atoms with E-state index in [9.17, 15) is 0 Å². The molecule has 0 amide bonds. The van der Waals surface area contributed by atoms with E-state index in [1.54, 1.807) is 0 Å². The molecule has 2 heterocycles. The second-order valence-electron chi connectivity index (χ2n) is 13.3. The van der Waals surface area contributed by atoms with Crippen molar-refractivity contribution in [1.82, 2.24) is 9.97 Å². The molecule has 2 nitrogen and oxygen atoms in total. The monoisotopic (exact) mass is 598 g/mol. The molecule has 0 saturated heterocycles. The van der Waals surface area contributed by atoms with Gasteiger partial charge in [-0.25, -0.2) is 4.98 Å². The third-order valence-corrected chi connectivity index (χ3v) is 10.4. The van der Waals surface area contributed by atoms with Crippen LogP contribution in [-0.4, -0.2) is 9.97 Å². The van der Waals surface area contributed by atoms with Gasteiger partial charge in [0.1, 0.15) is 0 Å². The predicted molar refractivity (Wildman–Crippen MR) is 198 cm³/mol. The molecule has 7 aromatic carbocycles. The zero-order valence-electron chi connectivity index (χ0n) is 26.3. The Morgan fingerprint density at radius 1 is 0.426 bits per heavy atom. The Hall–Kier alpha value is -5.86. The molecule has 0 atom stereocenters. The van der Waals surface area contributed by atoms with Crippen LogP contribution in [0.4, 0.5) is 0 Å². The molecule has 10 rings (SSSR count). The molecule has 220 valence electrons. The van der Waals surface area contributed by atoms with Crippen molar-refractivity contribution >= 4 is 54.1 Å². The van der Waals surface area contributed by atoms with E-state index in [0.29, 0.717) is 0 Å². The summed E-state index contributed by atoms with van der Waals surface area (Å²) in [6, 6.07) is 50.8. The fourth-order valence-corrected chi connectivity index (χ4v) is 8.48. The average molecular weight is 599 g/mol. The topological polar surface area (TPSA) is 25.8 Å². The Bertz CT molecular complexity index is 2770. The van der Waals surface area contributed by atoms with Crippen LogP contribution >= 0.6 is 0 Å². The van der Waals surface area contributed by atoms with Crippen LogP contribution in [0.25, 0.3) is 87.6 Å². The fourth-order valence-electron chi connectivity index (χ4n) is 8.48. The van der Waals surface area contributed by atoms with Gasteiger partial charge in [-0.1, -0.05) is 135 Å². The van der Waals surface area contributed by atoms with Crippen LogP contribution in [0.2, 0.25) is 0 Å². The van der Waals surface area contributed by atoms with Crippen molar-refractivity contribution in [2.24, 2.45) is 0 Å². The lowest BCUT2D eigenvalue weighted by molar-refractivity contribution is 0.672. The van der Waals surface area contributed by atoms with Crippen LogP contribution in [0.3, 0.4) is 0 Å². The first kappa shape index (κ1) is 26.4. The van der Waals surface area contributed by atoms with Gasteiger partial charge >= 0.3 is 0 Å². The molecule has 2 aromatic heterocycles. The molecule has 2 heteroatoms. The van der Waals surface area contributed by atoms with Crippen molar-refractivity contribution < 1.29 is 0 Å². The second-order valence-corrected chi connectivity index (χ2v) is 13.3. The van der Waals surface area contributed by atoms with Crippen LogP contribution in [0.5, 0.6) is 0 Å². The minimum absolute atomic E-state index is 0.181. The Morgan fingerprint density at radius 3 is 1.77 bits per heavy atom. The molecule has 0 radical (unpaired) electrons. The van der Waals surface area contributed by atoms with Gasteiger partial charge in [-0.3, -0.25) is 4.98 Å². The van der Waals surface area contributed by atoms with E-state index >= 15 is 0 Å². The lowest BCUT2D eigenvalue weighted by atomic mass is 9.77. The maximum Gasteiger partial charge on any atom is 0.0972 e. The van der Waals surface area contributed by atoms with Crippen LogP contribution < -0.4 is 0 Å². The van der Waals surface area contributed by atoms with Gasteiger partial charge in [0.05, 0.1) is 16.7 Å². The van der Waals surface area contributed by atoms with Crippen molar-refractivity contribution in [3.05, 3.63) is 157 Å². The molecule has 47 heavy (non-hydrogen) atoms. The maximum absolute atomic E-state index is 5.28. The van der Waals surface area contributed by atoms with E-state index in [-0.39, 0.29) is 5.41 Å². The van der Waals surface area contributed by atoms with E-state index in [0.717, 1.165) is 33.1 Å². The summed E-state index contributed by atoms with van der Waals surface area (Å²) in [5.74, 6) is 0. The first-order valence-electron chi connectivity index (χ1n) is 16.3. The first-order chi connectivity index (χ1) is 23.1. The predicted octanol–water partition coefficient (Wildman–Crippen LogP) is 11.9. The molecule has 0 spiro atoms. The lowest BCUT2D eigenvalue weighted by Crippen LogP contribution is -2.16. The number of hydrogen-bond donors (Lipinski definition) is 0. The van der Waals surface area contributed by atoms with E-state index < -0.39 is 0 Å². The Morgan fingerprint density at radius 2 is 1.00 bits per heavy atom. The molecule has 1 aliphatic carbocycles. The van der Waals surface area contributed by atoms with E-state index in [1.807, 2.05) is 12.3 Å². The third-order valence-electron chi connectivity index (χ3n) is 10.4. The van der Waals surface area contributed by atoms with Gasteiger partial charge in [0.25, 0.3) is 0 Å². The lowest BCUT2D eigenvalue weighted by Gasteiger charge is -2.26. The van der Waals surface area contributed by atoms with Gasteiger partial charge in [-0.05, 0) is 83.9 Å². The Kier molecular flexibility index (Phi) is 5.37. The number of benzene rings is 7. The minimum Gasteiger partial charge on any atom is -0.254 e.